The Morgan fingerprint density at radius 3 is 2.96 bits per heavy atom. The molecule has 0 saturated carbocycles. The third-order valence-corrected chi connectivity index (χ3v) is 3.81. The zero-order valence-electron chi connectivity index (χ0n) is 13.7. The highest BCUT2D eigenvalue weighted by Crippen LogP contribution is 2.12. The van der Waals surface area contributed by atoms with Crippen LogP contribution in [0.15, 0.2) is 24.7 Å². The number of ether oxygens (including phenoxy) is 1. The number of nitrogens with one attached hydrogen (secondary N) is 1. The fourth-order valence-electron chi connectivity index (χ4n) is 2.52. The number of hydrogen-bond donors (Lipinski definition) is 1. The average molecular weight is 332 g/mol. The summed E-state index contributed by atoms with van der Waals surface area (Å²) in [6.45, 7) is 3.65. The van der Waals surface area contributed by atoms with Crippen LogP contribution in [0.2, 0.25) is 0 Å². The molecule has 1 N–H and O–H groups in total. The second-order valence-electron chi connectivity index (χ2n) is 5.56. The number of anilines is 1. The van der Waals surface area contributed by atoms with E-state index in [-0.39, 0.29) is 18.4 Å². The zero-order valence-corrected chi connectivity index (χ0v) is 13.7. The van der Waals surface area contributed by atoms with Gasteiger partial charge in [-0.05, 0) is 6.92 Å². The standard InChI is InChI=1S/C15H20N6O3/c1-3-21-5-4-13(18-21)17-14(22)12-10-20(6-7-24-12)15(23)11-8-16-19(2)9-11/h4-5,8-9,12H,3,6-7,10H2,1-2H3,(H,17,18,22). The van der Waals surface area contributed by atoms with Gasteiger partial charge in [-0.25, -0.2) is 0 Å². The molecule has 0 spiro atoms. The highest BCUT2D eigenvalue weighted by atomic mass is 16.5. The van der Waals surface area contributed by atoms with Gasteiger partial charge in [-0.15, -0.1) is 0 Å². The number of hydrogen-bond acceptors (Lipinski definition) is 5. The second kappa shape index (κ2) is 6.83. The highest BCUT2D eigenvalue weighted by molar-refractivity contribution is 5.96. The molecule has 9 nitrogen and oxygen atoms in total. The van der Waals surface area contributed by atoms with Gasteiger partial charge in [0.15, 0.2) is 11.9 Å². The van der Waals surface area contributed by atoms with Gasteiger partial charge in [0.1, 0.15) is 0 Å². The van der Waals surface area contributed by atoms with Gasteiger partial charge in [-0.3, -0.25) is 19.0 Å². The van der Waals surface area contributed by atoms with Crippen molar-refractivity contribution < 1.29 is 14.3 Å². The molecule has 1 aliphatic heterocycles. The van der Waals surface area contributed by atoms with E-state index in [4.69, 9.17) is 4.74 Å². The molecule has 128 valence electrons. The molecule has 3 rings (SSSR count). The molecular weight excluding hydrogens is 312 g/mol. The molecule has 1 aliphatic rings. The van der Waals surface area contributed by atoms with Crippen molar-refractivity contribution in [1.82, 2.24) is 24.5 Å². The topological polar surface area (TPSA) is 94.3 Å². The lowest BCUT2D eigenvalue weighted by atomic mass is 10.2. The van der Waals surface area contributed by atoms with Crippen molar-refractivity contribution >= 4 is 17.6 Å². The lowest BCUT2D eigenvalue weighted by Crippen LogP contribution is -2.50. The quantitative estimate of drug-likeness (QED) is 0.858. The largest absolute Gasteiger partial charge is 0.365 e. The van der Waals surface area contributed by atoms with Crippen molar-refractivity contribution in [2.45, 2.75) is 19.6 Å². The Balaban J connectivity index is 1.62. The van der Waals surface area contributed by atoms with Crippen LogP contribution in [0, 0.1) is 0 Å². The van der Waals surface area contributed by atoms with Crippen LogP contribution in [-0.2, 0) is 23.1 Å². The van der Waals surface area contributed by atoms with E-state index < -0.39 is 6.10 Å². The number of morpholine rings is 1. The van der Waals surface area contributed by atoms with E-state index in [1.807, 2.05) is 6.92 Å². The molecule has 0 aliphatic carbocycles. The second-order valence-corrected chi connectivity index (χ2v) is 5.56. The first-order valence-electron chi connectivity index (χ1n) is 7.80. The third kappa shape index (κ3) is 3.46. The fourth-order valence-corrected chi connectivity index (χ4v) is 2.52. The number of amides is 2. The normalized spacial score (nSPS) is 17.8. The van der Waals surface area contributed by atoms with Crippen molar-refractivity contribution in [2.24, 2.45) is 7.05 Å². The summed E-state index contributed by atoms with van der Waals surface area (Å²) in [7, 11) is 1.75. The van der Waals surface area contributed by atoms with E-state index in [0.717, 1.165) is 6.54 Å². The molecule has 24 heavy (non-hydrogen) atoms. The average Bonchev–Trinajstić information content (AvgIpc) is 3.23. The number of aromatic nitrogens is 4. The number of carbonyl (C=O) groups excluding carboxylic acids is 2. The van der Waals surface area contributed by atoms with E-state index in [9.17, 15) is 9.59 Å². The molecule has 0 radical (unpaired) electrons. The Morgan fingerprint density at radius 1 is 1.46 bits per heavy atom. The molecule has 1 atom stereocenters. The molecular formula is C15H20N6O3. The van der Waals surface area contributed by atoms with E-state index in [0.29, 0.717) is 24.5 Å². The van der Waals surface area contributed by atoms with E-state index in [1.54, 1.807) is 39.8 Å². The summed E-state index contributed by atoms with van der Waals surface area (Å²) in [6.07, 6.45) is 4.25. The van der Waals surface area contributed by atoms with Gasteiger partial charge < -0.3 is 15.0 Å². The van der Waals surface area contributed by atoms with Crippen molar-refractivity contribution in [3.63, 3.8) is 0 Å². The van der Waals surface area contributed by atoms with Crippen molar-refractivity contribution in [3.05, 3.63) is 30.2 Å². The first kappa shape index (κ1) is 16.2. The number of rotatable bonds is 4. The Morgan fingerprint density at radius 2 is 2.29 bits per heavy atom. The molecule has 1 fully saturated rings. The minimum atomic E-state index is -0.717. The predicted molar refractivity (Wildman–Crippen MR) is 85.4 cm³/mol. The van der Waals surface area contributed by atoms with Crippen LogP contribution in [-0.4, -0.2) is 62.1 Å². The van der Waals surface area contributed by atoms with E-state index in [2.05, 4.69) is 15.5 Å². The van der Waals surface area contributed by atoms with Gasteiger partial charge in [-0.1, -0.05) is 0 Å². The molecule has 1 saturated heterocycles. The van der Waals surface area contributed by atoms with Crippen LogP contribution in [0.4, 0.5) is 5.82 Å². The SMILES string of the molecule is CCn1ccc(NC(=O)C2CN(C(=O)c3cnn(C)c3)CCO2)n1. The highest BCUT2D eigenvalue weighted by Gasteiger charge is 2.30. The molecule has 2 aromatic rings. The molecule has 2 aromatic heterocycles. The van der Waals surface area contributed by atoms with E-state index >= 15 is 0 Å². The summed E-state index contributed by atoms with van der Waals surface area (Å²) >= 11 is 0. The first-order valence-corrected chi connectivity index (χ1v) is 7.80. The van der Waals surface area contributed by atoms with Crippen LogP contribution in [0.5, 0.6) is 0 Å². The van der Waals surface area contributed by atoms with Gasteiger partial charge in [-0.2, -0.15) is 10.2 Å². The minimum absolute atomic E-state index is 0.153. The Hall–Kier alpha value is -2.68. The Kier molecular flexibility index (Phi) is 4.61. The van der Waals surface area contributed by atoms with Crippen molar-refractivity contribution in [1.29, 1.82) is 0 Å². The maximum absolute atomic E-state index is 12.5. The fraction of sp³-hybridized carbons (Fsp3) is 0.467. The lowest BCUT2D eigenvalue weighted by Gasteiger charge is -2.31. The maximum Gasteiger partial charge on any atom is 0.257 e. The first-order chi connectivity index (χ1) is 11.6. The smallest absolute Gasteiger partial charge is 0.257 e. The molecule has 0 aromatic carbocycles. The lowest BCUT2D eigenvalue weighted by molar-refractivity contribution is -0.131. The number of nitrogens with zero attached hydrogens (tertiary/aromatic N) is 5. The van der Waals surface area contributed by atoms with Crippen molar-refractivity contribution in [3.8, 4) is 0 Å². The van der Waals surface area contributed by atoms with Gasteiger partial charge in [0.25, 0.3) is 11.8 Å². The Labute approximate surface area is 139 Å². The minimum Gasteiger partial charge on any atom is -0.365 e. The predicted octanol–water partition coefficient (Wildman–Crippen LogP) is 0.116. The summed E-state index contributed by atoms with van der Waals surface area (Å²) in [6, 6.07) is 1.72. The van der Waals surface area contributed by atoms with Gasteiger partial charge in [0.2, 0.25) is 0 Å². The van der Waals surface area contributed by atoms with Crippen LogP contribution >= 0.6 is 0 Å². The Bertz CT molecular complexity index is 737. The molecule has 0 bridgehead atoms. The summed E-state index contributed by atoms with van der Waals surface area (Å²) in [4.78, 5) is 26.4. The van der Waals surface area contributed by atoms with E-state index in [1.165, 1.54) is 6.20 Å². The summed E-state index contributed by atoms with van der Waals surface area (Å²) < 4.78 is 8.79. The van der Waals surface area contributed by atoms with Gasteiger partial charge in [0, 0.05) is 38.6 Å². The van der Waals surface area contributed by atoms with Crippen LogP contribution < -0.4 is 5.32 Å². The molecule has 9 heteroatoms. The summed E-state index contributed by atoms with van der Waals surface area (Å²) in [5.41, 5.74) is 0.500. The van der Waals surface area contributed by atoms with Gasteiger partial charge in [0.05, 0.1) is 24.9 Å². The van der Waals surface area contributed by atoms with Crippen LogP contribution in [0.1, 0.15) is 17.3 Å². The summed E-state index contributed by atoms with van der Waals surface area (Å²) in [5, 5.41) is 10.9. The maximum atomic E-state index is 12.5. The van der Waals surface area contributed by atoms with Gasteiger partial charge >= 0.3 is 0 Å². The number of carbonyl (C=O) groups is 2. The zero-order chi connectivity index (χ0) is 17.1. The number of aryl methyl sites for hydroxylation is 2. The monoisotopic (exact) mass is 332 g/mol. The van der Waals surface area contributed by atoms with Crippen LogP contribution in [0.25, 0.3) is 0 Å². The third-order valence-electron chi connectivity index (χ3n) is 3.81. The molecule has 1 unspecified atom stereocenters. The van der Waals surface area contributed by atoms with Crippen molar-refractivity contribution in [2.75, 3.05) is 25.0 Å². The molecule has 3 heterocycles. The molecule has 2 amide bonds. The summed E-state index contributed by atoms with van der Waals surface area (Å²) in [5.74, 6) is 0.0145. The van der Waals surface area contributed by atoms with Crippen LogP contribution in [0.3, 0.4) is 0 Å².